The van der Waals surface area contributed by atoms with Crippen LogP contribution in [0.4, 0.5) is 0 Å². The van der Waals surface area contributed by atoms with Gasteiger partial charge in [0.2, 0.25) is 0 Å². The number of carbonyl (C=O) groups is 1. The lowest BCUT2D eigenvalue weighted by Crippen LogP contribution is -2.29. The highest BCUT2D eigenvalue weighted by Crippen LogP contribution is 2.24. The minimum absolute atomic E-state index is 0. The Morgan fingerprint density at radius 2 is 1.73 bits per heavy atom. The van der Waals surface area contributed by atoms with E-state index in [1.807, 2.05) is 0 Å². The topological polar surface area (TPSA) is 90.7 Å². The van der Waals surface area contributed by atoms with Gasteiger partial charge in [-0.2, -0.15) is 0 Å². The number of benzene rings is 2. The third kappa shape index (κ3) is 2.57. The van der Waals surface area contributed by atoms with Gasteiger partial charge >= 0.3 is 13.1 Å². The summed E-state index contributed by atoms with van der Waals surface area (Å²) in [7, 11) is -1.53. The second-order valence-corrected chi connectivity index (χ2v) is 4.87. The fourth-order valence-corrected chi connectivity index (χ4v) is 2.33. The molecule has 0 aliphatic carbocycles. The zero-order chi connectivity index (χ0) is 15.7. The van der Waals surface area contributed by atoms with Crippen LogP contribution in [0.15, 0.2) is 54.6 Å². The molecule has 6 heteroatoms. The van der Waals surface area contributed by atoms with Crippen LogP contribution >= 0.6 is 0 Å². The highest BCUT2D eigenvalue weighted by molar-refractivity contribution is 6.58. The maximum atomic E-state index is 11.4. The zero-order valence-electron chi connectivity index (χ0n) is 11.5. The fraction of sp³-hybridized carbons (Fsp3) is 0. The lowest BCUT2D eigenvalue weighted by molar-refractivity contribution is 0.0699. The number of hydrogen-bond donors (Lipinski definition) is 3. The van der Waals surface area contributed by atoms with E-state index in [0.29, 0.717) is 27.6 Å². The molecule has 0 aliphatic heterocycles. The molecule has 3 N–H and O–H groups in total. The van der Waals surface area contributed by atoms with Crippen molar-refractivity contribution < 1.29 is 21.4 Å². The molecule has 1 aromatic heterocycles. The second-order valence-electron chi connectivity index (χ2n) is 4.87. The first-order chi connectivity index (χ1) is 10.6. The molecule has 110 valence electrons. The number of carboxylic acids is 1. The number of carboxylic acid groups (broad SMARTS) is 1. The fourth-order valence-electron chi connectivity index (χ4n) is 2.33. The molecule has 0 saturated carbocycles. The number of aromatic nitrogens is 1. The Morgan fingerprint density at radius 1 is 1.05 bits per heavy atom. The van der Waals surface area contributed by atoms with Gasteiger partial charge in [-0.15, -0.1) is 0 Å². The average Bonchev–Trinajstić information content (AvgIpc) is 2.53. The predicted octanol–water partition coefficient (Wildman–Crippen LogP) is 1.53. The highest BCUT2D eigenvalue weighted by atomic mass is 16.4. The van der Waals surface area contributed by atoms with E-state index in [9.17, 15) is 9.90 Å². The molecule has 3 aromatic rings. The van der Waals surface area contributed by atoms with Crippen LogP contribution < -0.4 is 5.46 Å². The largest absolute Gasteiger partial charge is 0.488 e. The molecule has 0 fully saturated rings. The number of fused-ring (bicyclic) bond motifs is 1. The molecule has 0 saturated heterocycles. The Morgan fingerprint density at radius 3 is 2.36 bits per heavy atom. The van der Waals surface area contributed by atoms with Gasteiger partial charge in [-0.1, -0.05) is 42.5 Å². The van der Waals surface area contributed by atoms with E-state index in [2.05, 4.69) is 4.98 Å². The van der Waals surface area contributed by atoms with E-state index >= 15 is 0 Å². The Bertz CT molecular complexity index is 852. The minimum Gasteiger partial charge on any atom is -0.478 e. The summed E-state index contributed by atoms with van der Waals surface area (Å²) in [6.07, 6.45) is 0. The number of aromatic carboxylic acids is 1. The van der Waals surface area contributed by atoms with Crippen LogP contribution in [0, 0.1) is 0 Å². The molecule has 5 nitrogen and oxygen atoms in total. The Balaban J connectivity index is 0.00000192. The maximum absolute atomic E-state index is 11.4. The van der Waals surface area contributed by atoms with Crippen LogP contribution in [-0.2, 0) is 0 Å². The monoisotopic (exact) mass is 295 g/mol. The van der Waals surface area contributed by atoms with Gasteiger partial charge < -0.3 is 15.2 Å². The number of nitrogens with zero attached hydrogens (tertiary/aromatic N) is 1. The van der Waals surface area contributed by atoms with Gasteiger partial charge in [0.05, 0.1) is 16.8 Å². The summed E-state index contributed by atoms with van der Waals surface area (Å²) in [6.45, 7) is 0. The SMILES string of the molecule is O=C(O)c1cc(-c2ccc(B(O)O)cc2)nc2ccccc12.[HH]. The van der Waals surface area contributed by atoms with Crippen molar-refractivity contribution in [2.75, 3.05) is 0 Å². The van der Waals surface area contributed by atoms with E-state index in [4.69, 9.17) is 10.0 Å². The summed E-state index contributed by atoms with van der Waals surface area (Å²) >= 11 is 0. The van der Waals surface area contributed by atoms with E-state index in [0.717, 1.165) is 0 Å². The van der Waals surface area contributed by atoms with Crippen molar-refractivity contribution in [3.8, 4) is 11.3 Å². The molecule has 0 bridgehead atoms. The van der Waals surface area contributed by atoms with Crippen LogP contribution in [0.3, 0.4) is 0 Å². The number of rotatable bonds is 3. The molecule has 0 unspecified atom stereocenters. The number of para-hydroxylation sites is 1. The van der Waals surface area contributed by atoms with Crippen LogP contribution in [0.1, 0.15) is 11.8 Å². The molecule has 0 amide bonds. The van der Waals surface area contributed by atoms with Crippen molar-refractivity contribution in [3.63, 3.8) is 0 Å². The first-order valence-electron chi connectivity index (χ1n) is 6.66. The van der Waals surface area contributed by atoms with Gasteiger partial charge in [0.1, 0.15) is 0 Å². The highest BCUT2D eigenvalue weighted by Gasteiger charge is 2.14. The Hall–Kier alpha value is -2.70. The molecular formula is C16H14BNO4. The third-order valence-corrected chi connectivity index (χ3v) is 3.45. The van der Waals surface area contributed by atoms with Gasteiger partial charge in [0.15, 0.2) is 0 Å². The molecule has 0 aliphatic rings. The van der Waals surface area contributed by atoms with Gasteiger partial charge in [-0.05, 0) is 17.6 Å². The van der Waals surface area contributed by atoms with Crippen molar-refractivity contribution in [2.24, 2.45) is 0 Å². The Labute approximate surface area is 128 Å². The van der Waals surface area contributed by atoms with Gasteiger partial charge in [-0.3, -0.25) is 0 Å². The van der Waals surface area contributed by atoms with Crippen molar-refractivity contribution in [2.45, 2.75) is 0 Å². The Kier molecular flexibility index (Phi) is 3.62. The lowest BCUT2D eigenvalue weighted by Gasteiger charge is -2.08. The maximum Gasteiger partial charge on any atom is 0.488 e. The minimum atomic E-state index is -1.53. The van der Waals surface area contributed by atoms with Crippen molar-refractivity contribution in [3.05, 3.63) is 60.2 Å². The number of hydrogen-bond acceptors (Lipinski definition) is 4. The summed E-state index contributed by atoms with van der Waals surface area (Å²) in [6, 6.07) is 15.1. The van der Waals surface area contributed by atoms with E-state index < -0.39 is 13.1 Å². The molecule has 0 atom stereocenters. The first kappa shape index (κ1) is 14.3. The summed E-state index contributed by atoms with van der Waals surface area (Å²) in [5.74, 6) is -1.01. The van der Waals surface area contributed by atoms with E-state index in [-0.39, 0.29) is 6.99 Å². The van der Waals surface area contributed by atoms with E-state index in [1.165, 1.54) is 6.07 Å². The summed E-state index contributed by atoms with van der Waals surface area (Å²) in [5.41, 5.74) is 2.38. The van der Waals surface area contributed by atoms with Crippen LogP contribution in [0.5, 0.6) is 0 Å². The lowest BCUT2D eigenvalue weighted by atomic mass is 9.80. The molecular weight excluding hydrogens is 281 g/mol. The number of pyridine rings is 1. The normalized spacial score (nSPS) is 10.6. The smallest absolute Gasteiger partial charge is 0.478 e. The second kappa shape index (κ2) is 5.59. The molecule has 1 heterocycles. The van der Waals surface area contributed by atoms with Crippen LogP contribution in [0.25, 0.3) is 22.2 Å². The molecule has 3 rings (SSSR count). The van der Waals surface area contributed by atoms with Crippen LogP contribution in [0.2, 0.25) is 0 Å². The average molecular weight is 295 g/mol. The summed E-state index contributed by atoms with van der Waals surface area (Å²) < 4.78 is 0. The van der Waals surface area contributed by atoms with Crippen molar-refractivity contribution >= 4 is 29.5 Å². The molecule has 2 aromatic carbocycles. The zero-order valence-corrected chi connectivity index (χ0v) is 11.5. The predicted molar refractivity (Wildman–Crippen MR) is 86.1 cm³/mol. The van der Waals surface area contributed by atoms with Crippen molar-refractivity contribution in [1.29, 1.82) is 0 Å². The molecule has 0 spiro atoms. The standard InChI is InChI=1S/C16H12BNO4.H2/c19-16(20)13-9-15(18-14-4-2-1-3-12(13)14)10-5-7-11(8-6-10)17(21)22;/h1-9,21-22H,(H,19,20);1H. The summed E-state index contributed by atoms with van der Waals surface area (Å²) in [5, 5.41) is 28.2. The first-order valence-corrected chi connectivity index (χ1v) is 6.66. The van der Waals surface area contributed by atoms with Gasteiger partial charge in [-0.25, -0.2) is 9.78 Å². The summed E-state index contributed by atoms with van der Waals surface area (Å²) in [4.78, 5) is 15.9. The van der Waals surface area contributed by atoms with E-state index in [1.54, 1.807) is 48.5 Å². The molecule has 22 heavy (non-hydrogen) atoms. The van der Waals surface area contributed by atoms with Gasteiger partial charge in [0, 0.05) is 12.4 Å². The van der Waals surface area contributed by atoms with Gasteiger partial charge in [0.25, 0.3) is 0 Å². The van der Waals surface area contributed by atoms with Crippen LogP contribution in [-0.4, -0.2) is 33.2 Å². The quantitative estimate of drug-likeness (QED) is 0.637. The third-order valence-electron chi connectivity index (χ3n) is 3.45. The van der Waals surface area contributed by atoms with Crippen molar-refractivity contribution in [1.82, 2.24) is 4.98 Å². The molecule has 0 radical (unpaired) electrons.